The van der Waals surface area contributed by atoms with Crippen molar-refractivity contribution in [2.75, 3.05) is 18.0 Å². The van der Waals surface area contributed by atoms with Crippen molar-refractivity contribution < 1.29 is 19.4 Å². The molecule has 2 aromatic heterocycles. The van der Waals surface area contributed by atoms with E-state index in [4.69, 9.17) is 4.74 Å². The number of nitrogens with one attached hydrogen (secondary N) is 1. The number of benzene rings is 1. The summed E-state index contributed by atoms with van der Waals surface area (Å²) in [6, 6.07) is 8.91. The number of carboxylic acids is 1. The second-order valence-corrected chi connectivity index (χ2v) is 10.5. The van der Waals surface area contributed by atoms with E-state index in [0.29, 0.717) is 30.2 Å². The minimum atomic E-state index is -1.16. The van der Waals surface area contributed by atoms with Gasteiger partial charge >= 0.3 is 12.1 Å². The fourth-order valence-corrected chi connectivity index (χ4v) is 5.14. The summed E-state index contributed by atoms with van der Waals surface area (Å²) in [7, 11) is 0. The zero-order chi connectivity index (χ0) is 26.0. The fourth-order valence-electron chi connectivity index (χ4n) is 4.21. The highest BCUT2D eigenvalue weighted by molar-refractivity contribution is 7.17. The molecule has 3 heterocycles. The smallest absolute Gasteiger partial charge is 0.407 e. The van der Waals surface area contributed by atoms with Crippen LogP contribution in [0.3, 0.4) is 0 Å². The van der Waals surface area contributed by atoms with Crippen LogP contribution in [0.5, 0.6) is 0 Å². The Hall–Kier alpha value is -3.91. The number of rotatable bonds is 5. The standard InChI is InChI=1S/C25H27N5O5S/c1-25(2,3)35-24(34)27-17-9-6-10-29(13-17)23-28-19-18(22(32)33)14-36-20(19)21(31)30(23)12-16-8-5-4-7-15(16)11-26/h4-5,7-8,14,17H,6,9-10,12-13H2,1-3H3,(H,27,34)(H,32,33). The SMILES string of the molecule is CC(C)(C)OC(=O)NC1CCCN(c2nc3c(C(=O)O)csc3c(=O)n2Cc2ccccc2C#N)C1. The van der Waals surface area contributed by atoms with Crippen LogP contribution in [0, 0.1) is 11.3 Å². The molecule has 1 saturated heterocycles. The first-order valence-corrected chi connectivity index (χ1v) is 12.4. The van der Waals surface area contributed by atoms with Crippen molar-refractivity contribution in [3.63, 3.8) is 0 Å². The third-order valence-corrected chi connectivity index (χ3v) is 6.74. The van der Waals surface area contributed by atoms with Crippen molar-refractivity contribution in [2.45, 2.75) is 51.8 Å². The molecule has 1 fully saturated rings. The number of amides is 1. The molecule has 0 spiro atoms. The van der Waals surface area contributed by atoms with Gasteiger partial charge in [0.15, 0.2) is 0 Å². The number of nitrogens with zero attached hydrogens (tertiary/aromatic N) is 4. The van der Waals surface area contributed by atoms with E-state index in [-0.39, 0.29) is 33.9 Å². The number of carbonyl (C=O) groups excluding carboxylic acids is 1. The number of piperidine rings is 1. The van der Waals surface area contributed by atoms with Gasteiger partial charge in [0.2, 0.25) is 5.95 Å². The van der Waals surface area contributed by atoms with Gasteiger partial charge in [-0.3, -0.25) is 9.36 Å². The summed E-state index contributed by atoms with van der Waals surface area (Å²) < 4.78 is 7.11. The van der Waals surface area contributed by atoms with Crippen LogP contribution in [0.25, 0.3) is 10.2 Å². The van der Waals surface area contributed by atoms with Gasteiger partial charge in [-0.15, -0.1) is 11.3 Å². The van der Waals surface area contributed by atoms with E-state index in [2.05, 4.69) is 16.4 Å². The molecular weight excluding hydrogens is 482 g/mol. The van der Waals surface area contributed by atoms with E-state index in [9.17, 15) is 24.8 Å². The zero-order valence-corrected chi connectivity index (χ0v) is 21.1. The number of aromatic nitrogens is 2. The predicted octanol–water partition coefficient (Wildman–Crippen LogP) is 3.57. The Kier molecular flexibility index (Phi) is 6.99. The number of fused-ring (bicyclic) bond motifs is 1. The normalized spacial score (nSPS) is 15.9. The lowest BCUT2D eigenvalue weighted by atomic mass is 10.1. The minimum absolute atomic E-state index is 0.0293. The summed E-state index contributed by atoms with van der Waals surface area (Å²) in [4.78, 5) is 44.2. The molecule has 4 rings (SSSR count). The van der Waals surface area contributed by atoms with E-state index in [0.717, 1.165) is 24.2 Å². The molecule has 0 bridgehead atoms. The molecule has 0 aliphatic carbocycles. The van der Waals surface area contributed by atoms with Gasteiger partial charge < -0.3 is 20.1 Å². The number of thiophene rings is 1. The third-order valence-electron chi connectivity index (χ3n) is 5.78. The Morgan fingerprint density at radius 1 is 1.33 bits per heavy atom. The molecule has 1 unspecified atom stereocenters. The minimum Gasteiger partial charge on any atom is -0.478 e. The van der Waals surface area contributed by atoms with Crippen molar-refractivity contribution in [3.8, 4) is 6.07 Å². The second kappa shape index (κ2) is 9.99. The average Bonchev–Trinajstić information content (AvgIpc) is 3.24. The molecular formula is C25H27N5O5S. The first-order valence-electron chi connectivity index (χ1n) is 11.5. The number of aromatic carboxylic acids is 1. The third kappa shape index (κ3) is 5.33. The van der Waals surface area contributed by atoms with Gasteiger partial charge in [-0.25, -0.2) is 14.6 Å². The van der Waals surface area contributed by atoms with Crippen LogP contribution >= 0.6 is 11.3 Å². The molecule has 2 N–H and O–H groups in total. The van der Waals surface area contributed by atoms with Crippen molar-refractivity contribution in [1.29, 1.82) is 5.26 Å². The van der Waals surface area contributed by atoms with Crippen molar-refractivity contribution >= 4 is 39.6 Å². The Morgan fingerprint density at radius 2 is 2.08 bits per heavy atom. The maximum absolute atomic E-state index is 13.6. The number of hydrogen-bond acceptors (Lipinski definition) is 8. The lowest BCUT2D eigenvalue weighted by Gasteiger charge is -2.35. The second-order valence-electron chi connectivity index (χ2n) is 9.64. The summed E-state index contributed by atoms with van der Waals surface area (Å²) in [5, 5.41) is 23.5. The summed E-state index contributed by atoms with van der Waals surface area (Å²) >= 11 is 1.04. The number of ether oxygens (including phenoxy) is 1. The topological polar surface area (TPSA) is 138 Å². The monoisotopic (exact) mass is 509 g/mol. The fraction of sp³-hybridized carbons (Fsp3) is 0.400. The van der Waals surface area contributed by atoms with Crippen LogP contribution < -0.4 is 15.8 Å². The van der Waals surface area contributed by atoms with Crippen LogP contribution in [0.1, 0.15) is 55.1 Å². The van der Waals surface area contributed by atoms with Gasteiger partial charge in [0, 0.05) is 24.5 Å². The molecule has 1 aliphatic heterocycles. The molecule has 0 saturated carbocycles. The number of nitriles is 1. The van der Waals surface area contributed by atoms with Crippen molar-refractivity contribution in [2.24, 2.45) is 0 Å². The summed E-state index contributed by atoms with van der Waals surface area (Å²) in [6.07, 6.45) is 0.917. The van der Waals surface area contributed by atoms with E-state index in [1.807, 2.05) is 4.90 Å². The summed E-state index contributed by atoms with van der Waals surface area (Å²) in [5.41, 5.74) is 0.197. The van der Waals surface area contributed by atoms with Crippen molar-refractivity contribution in [3.05, 3.63) is 56.7 Å². The predicted molar refractivity (Wildman–Crippen MR) is 136 cm³/mol. The Balaban J connectivity index is 1.75. The molecule has 1 atom stereocenters. The van der Waals surface area contributed by atoms with E-state index < -0.39 is 17.7 Å². The Bertz CT molecular complexity index is 1410. The van der Waals surface area contributed by atoms with E-state index >= 15 is 0 Å². The lowest BCUT2D eigenvalue weighted by molar-refractivity contribution is 0.0499. The number of anilines is 1. The lowest BCUT2D eigenvalue weighted by Crippen LogP contribution is -2.50. The average molecular weight is 510 g/mol. The maximum atomic E-state index is 13.6. The van der Waals surface area contributed by atoms with Gasteiger partial charge in [0.25, 0.3) is 5.56 Å². The van der Waals surface area contributed by atoms with Gasteiger partial charge in [-0.1, -0.05) is 18.2 Å². The summed E-state index contributed by atoms with van der Waals surface area (Å²) in [6.45, 7) is 6.40. The molecule has 3 aromatic rings. The van der Waals surface area contributed by atoms with Gasteiger partial charge in [0.05, 0.1) is 23.7 Å². The van der Waals surface area contributed by atoms with E-state index in [1.54, 1.807) is 45.0 Å². The molecule has 1 aromatic carbocycles. The molecule has 36 heavy (non-hydrogen) atoms. The van der Waals surface area contributed by atoms with Gasteiger partial charge in [-0.05, 0) is 45.2 Å². The Labute approximate surface area is 211 Å². The van der Waals surface area contributed by atoms with Crippen LogP contribution in [-0.2, 0) is 11.3 Å². The molecule has 1 amide bonds. The van der Waals surface area contributed by atoms with Crippen molar-refractivity contribution in [1.82, 2.24) is 14.9 Å². The first kappa shape index (κ1) is 25.2. The quantitative estimate of drug-likeness (QED) is 0.532. The highest BCUT2D eigenvalue weighted by Gasteiger charge is 2.28. The number of hydrogen-bond donors (Lipinski definition) is 2. The molecule has 10 nitrogen and oxygen atoms in total. The number of carboxylic acid groups (broad SMARTS) is 1. The van der Waals surface area contributed by atoms with Gasteiger partial charge in [0.1, 0.15) is 15.8 Å². The molecule has 0 radical (unpaired) electrons. The highest BCUT2D eigenvalue weighted by Crippen LogP contribution is 2.27. The highest BCUT2D eigenvalue weighted by atomic mass is 32.1. The first-order chi connectivity index (χ1) is 17.1. The largest absolute Gasteiger partial charge is 0.478 e. The van der Waals surface area contributed by atoms with Crippen LogP contribution in [0.2, 0.25) is 0 Å². The van der Waals surface area contributed by atoms with Crippen LogP contribution in [0.15, 0.2) is 34.4 Å². The maximum Gasteiger partial charge on any atom is 0.407 e. The Morgan fingerprint density at radius 3 is 2.78 bits per heavy atom. The van der Waals surface area contributed by atoms with Crippen LogP contribution in [-0.4, -0.2) is 51.5 Å². The van der Waals surface area contributed by atoms with Crippen LogP contribution in [0.4, 0.5) is 10.7 Å². The van der Waals surface area contributed by atoms with Gasteiger partial charge in [-0.2, -0.15) is 5.26 Å². The number of carbonyl (C=O) groups is 2. The zero-order valence-electron chi connectivity index (χ0n) is 20.3. The number of alkyl carbamates (subject to hydrolysis) is 1. The molecule has 188 valence electrons. The van der Waals surface area contributed by atoms with E-state index in [1.165, 1.54) is 9.95 Å². The molecule has 11 heteroatoms. The molecule has 1 aliphatic rings. The summed E-state index contributed by atoms with van der Waals surface area (Å²) in [5.74, 6) is -0.855.